The van der Waals surface area contributed by atoms with Crippen LogP contribution in [-0.2, 0) is 4.74 Å². The van der Waals surface area contributed by atoms with E-state index in [1.807, 2.05) is 0 Å². The Labute approximate surface area is 114 Å². The van der Waals surface area contributed by atoms with E-state index in [1.165, 1.54) is 12.1 Å². The van der Waals surface area contributed by atoms with Crippen LogP contribution in [0.2, 0.25) is 10.3 Å². The standard InChI is InChI=1S/C11H12Cl2N2O3/c12-9-3-7(4-10(13)14-9)11(17)15-1-2-18-6-8(15)5-16/h3-4,8,16H,1-2,5-6H2. The number of nitrogens with zero attached hydrogens (tertiary/aromatic N) is 2. The van der Waals surface area contributed by atoms with Gasteiger partial charge in [-0.2, -0.15) is 0 Å². The highest BCUT2D eigenvalue weighted by Crippen LogP contribution is 2.18. The molecular weight excluding hydrogens is 279 g/mol. The van der Waals surface area contributed by atoms with Gasteiger partial charge in [-0.25, -0.2) is 4.98 Å². The molecule has 1 saturated heterocycles. The number of amides is 1. The Morgan fingerprint density at radius 2 is 2.17 bits per heavy atom. The second-order valence-electron chi connectivity index (χ2n) is 3.91. The van der Waals surface area contributed by atoms with Crippen LogP contribution in [0.5, 0.6) is 0 Å². The smallest absolute Gasteiger partial charge is 0.254 e. The molecule has 1 aliphatic rings. The number of aliphatic hydroxyl groups is 1. The summed E-state index contributed by atoms with van der Waals surface area (Å²) in [5, 5.41) is 9.56. The largest absolute Gasteiger partial charge is 0.394 e. The van der Waals surface area contributed by atoms with Gasteiger partial charge in [0, 0.05) is 12.1 Å². The van der Waals surface area contributed by atoms with Crippen molar-refractivity contribution >= 4 is 29.1 Å². The van der Waals surface area contributed by atoms with Gasteiger partial charge >= 0.3 is 0 Å². The van der Waals surface area contributed by atoms with Gasteiger partial charge in [0.2, 0.25) is 0 Å². The second kappa shape index (κ2) is 5.84. The Morgan fingerprint density at radius 3 is 2.78 bits per heavy atom. The highest BCUT2D eigenvalue weighted by Gasteiger charge is 2.27. The topological polar surface area (TPSA) is 62.7 Å². The molecule has 0 aromatic carbocycles. The van der Waals surface area contributed by atoms with Gasteiger partial charge in [0.15, 0.2) is 0 Å². The maximum atomic E-state index is 12.3. The van der Waals surface area contributed by atoms with Crippen molar-refractivity contribution in [2.45, 2.75) is 6.04 Å². The van der Waals surface area contributed by atoms with Crippen molar-refractivity contribution in [3.8, 4) is 0 Å². The van der Waals surface area contributed by atoms with Crippen molar-refractivity contribution < 1.29 is 14.6 Å². The molecule has 1 aliphatic heterocycles. The number of carbonyl (C=O) groups is 1. The summed E-state index contributed by atoms with van der Waals surface area (Å²) >= 11 is 11.5. The molecule has 0 radical (unpaired) electrons. The molecule has 1 unspecified atom stereocenters. The summed E-state index contributed by atoms with van der Waals surface area (Å²) < 4.78 is 5.22. The average molecular weight is 291 g/mol. The summed E-state index contributed by atoms with van der Waals surface area (Å²) in [4.78, 5) is 17.6. The Bertz CT molecular complexity index is 436. The first-order valence-corrected chi connectivity index (χ1v) is 6.20. The highest BCUT2D eigenvalue weighted by atomic mass is 35.5. The zero-order valence-corrected chi connectivity index (χ0v) is 11.0. The fourth-order valence-electron chi connectivity index (χ4n) is 1.83. The molecule has 1 N–H and O–H groups in total. The van der Waals surface area contributed by atoms with E-state index in [0.29, 0.717) is 25.3 Å². The van der Waals surface area contributed by atoms with Gasteiger partial charge in [-0.1, -0.05) is 23.2 Å². The predicted molar refractivity (Wildman–Crippen MR) is 67.0 cm³/mol. The SMILES string of the molecule is O=C(c1cc(Cl)nc(Cl)c1)N1CCOCC1CO. The minimum absolute atomic E-state index is 0.141. The molecule has 98 valence electrons. The van der Waals surface area contributed by atoms with Crippen molar-refractivity contribution in [2.24, 2.45) is 0 Å². The lowest BCUT2D eigenvalue weighted by Crippen LogP contribution is -2.50. The lowest BCUT2D eigenvalue weighted by atomic mass is 10.1. The van der Waals surface area contributed by atoms with Gasteiger partial charge in [-0.15, -0.1) is 0 Å². The summed E-state index contributed by atoms with van der Waals surface area (Å²) in [5.41, 5.74) is 0.361. The number of pyridine rings is 1. The van der Waals surface area contributed by atoms with E-state index >= 15 is 0 Å². The van der Waals surface area contributed by atoms with Crippen molar-refractivity contribution in [3.05, 3.63) is 28.0 Å². The average Bonchev–Trinajstić information content (AvgIpc) is 2.36. The van der Waals surface area contributed by atoms with E-state index in [2.05, 4.69) is 4.98 Å². The number of aliphatic hydroxyl groups excluding tert-OH is 1. The first-order chi connectivity index (χ1) is 8.61. The van der Waals surface area contributed by atoms with Gasteiger partial charge in [0.25, 0.3) is 5.91 Å². The first kappa shape index (κ1) is 13.5. The molecule has 1 atom stereocenters. The number of hydrogen-bond donors (Lipinski definition) is 1. The van der Waals surface area contributed by atoms with Crippen LogP contribution in [-0.4, -0.2) is 53.3 Å². The van der Waals surface area contributed by atoms with E-state index < -0.39 is 0 Å². The van der Waals surface area contributed by atoms with Gasteiger partial charge in [-0.05, 0) is 12.1 Å². The lowest BCUT2D eigenvalue weighted by Gasteiger charge is -2.34. The Balaban J connectivity index is 2.23. The molecular formula is C11H12Cl2N2O3. The van der Waals surface area contributed by atoms with Crippen LogP contribution >= 0.6 is 23.2 Å². The normalized spacial score (nSPS) is 19.9. The van der Waals surface area contributed by atoms with Gasteiger partial charge in [0.05, 0.1) is 25.9 Å². The minimum Gasteiger partial charge on any atom is -0.394 e. The van der Waals surface area contributed by atoms with Crippen LogP contribution < -0.4 is 0 Å². The van der Waals surface area contributed by atoms with E-state index in [1.54, 1.807) is 4.90 Å². The van der Waals surface area contributed by atoms with Crippen molar-refractivity contribution in [1.82, 2.24) is 9.88 Å². The lowest BCUT2D eigenvalue weighted by molar-refractivity contribution is -0.0183. The zero-order chi connectivity index (χ0) is 13.1. The maximum Gasteiger partial charge on any atom is 0.254 e. The molecule has 1 fully saturated rings. The third-order valence-corrected chi connectivity index (χ3v) is 3.10. The molecule has 0 aliphatic carbocycles. The van der Waals surface area contributed by atoms with Crippen molar-refractivity contribution in [2.75, 3.05) is 26.4 Å². The Kier molecular flexibility index (Phi) is 4.40. The molecule has 18 heavy (non-hydrogen) atoms. The van der Waals surface area contributed by atoms with E-state index in [0.717, 1.165) is 0 Å². The third-order valence-electron chi connectivity index (χ3n) is 2.71. The van der Waals surface area contributed by atoms with Gasteiger partial charge in [-0.3, -0.25) is 4.79 Å². The van der Waals surface area contributed by atoms with E-state index in [-0.39, 0.29) is 28.9 Å². The van der Waals surface area contributed by atoms with Crippen LogP contribution in [0.15, 0.2) is 12.1 Å². The minimum atomic E-state index is -0.336. The second-order valence-corrected chi connectivity index (χ2v) is 4.69. The number of hydrogen-bond acceptors (Lipinski definition) is 4. The number of halogens is 2. The van der Waals surface area contributed by atoms with Gasteiger partial charge in [0.1, 0.15) is 10.3 Å². The third kappa shape index (κ3) is 2.92. The number of morpholine rings is 1. The molecule has 0 saturated carbocycles. The summed E-state index contributed by atoms with van der Waals surface area (Å²) in [6.45, 7) is 1.07. The van der Waals surface area contributed by atoms with Gasteiger partial charge < -0.3 is 14.7 Å². The summed E-state index contributed by atoms with van der Waals surface area (Å²) in [6, 6.07) is 2.58. The number of aromatic nitrogens is 1. The number of rotatable bonds is 2. The van der Waals surface area contributed by atoms with Crippen LogP contribution in [0.3, 0.4) is 0 Å². The van der Waals surface area contributed by atoms with Crippen LogP contribution in [0.4, 0.5) is 0 Å². The molecule has 2 heterocycles. The molecule has 0 bridgehead atoms. The van der Waals surface area contributed by atoms with Crippen LogP contribution in [0.1, 0.15) is 10.4 Å². The summed E-state index contributed by atoms with van der Waals surface area (Å²) in [6.07, 6.45) is 0. The molecule has 0 spiro atoms. The molecule has 1 aromatic rings. The molecule has 7 heteroatoms. The fraction of sp³-hybridized carbons (Fsp3) is 0.455. The Hall–Kier alpha value is -0.880. The highest BCUT2D eigenvalue weighted by molar-refractivity contribution is 6.33. The van der Waals surface area contributed by atoms with Crippen molar-refractivity contribution in [3.63, 3.8) is 0 Å². The summed E-state index contributed by atoms with van der Waals surface area (Å²) in [7, 11) is 0. The molecule has 1 aromatic heterocycles. The predicted octanol–water partition coefficient (Wildman–Crippen LogP) is 1.22. The van der Waals surface area contributed by atoms with Crippen molar-refractivity contribution in [1.29, 1.82) is 0 Å². The van der Waals surface area contributed by atoms with Crippen LogP contribution in [0, 0.1) is 0 Å². The van der Waals surface area contributed by atoms with E-state index in [9.17, 15) is 9.90 Å². The molecule has 5 nitrogen and oxygen atoms in total. The van der Waals surface area contributed by atoms with Crippen LogP contribution in [0.25, 0.3) is 0 Å². The quantitative estimate of drug-likeness (QED) is 0.832. The number of ether oxygens (including phenoxy) is 1. The molecule has 2 rings (SSSR count). The molecule has 1 amide bonds. The Morgan fingerprint density at radius 1 is 1.50 bits per heavy atom. The summed E-state index contributed by atoms with van der Waals surface area (Å²) in [5.74, 6) is -0.233. The fourth-order valence-corrected chi connectivity index (χ4v) is 2.29. The van der Waals surface area contributed by atoms with E-state index in [4.69, 9.17) is 27.9 Å². The first-order valence-electron chi connectivity index (χ1n) is 5.44. The zero-order valence-electron chi connectivity index (χ0n) is 9.47. The number of carbonyl (C=O) groups excluding carboxylic acids is 1. The monoisotopic (exact) mass is 290 g/mol. The maximum absolute atomic E-state index is 12.3.